The van der Waals surface area contributed by atoms with Gasteiger partial charge in [-0.1, -0.05) is 44.2 Å². The molecule has 1 aliphatic rings. The van der Waals surface area contributed by atoms with Crippen molar-refractivity contribution in [2.75, 3.05) is 7.11 Å². The Labute approximate surface area is 111 Å². The number of nitrogens with one attached hydrogen (secondary N) is 1. The van der Waals surface area contributed by atoms with Gasteiger partial charge < -0.3 is 10.1 Å². The summed E-state index contributed by atoms with van der Waals surface area (Å²) in [6, 6.07) is 11.9. The monoisotopic (exact) mass is 247 g/mol. The molecule has 0 spiro atoms. The van der Waals surface area contributed by atoms with E-state index in [0.717, 1.165) is 12.8 Å². The summed E-state index contributed by atoms with van der Waals surface area (Å²) >= 11 is 0. The Morgan fingerprint density at radius 1 is 1.22 bits per heavy atom. The van der Waals surface area contributed by atoms with Crippen LogP contribution in [-0.4, -0.2) is 19.3 Å². The Balaban J connectivity index is 1.94. The van der Waals surface area contributed by atoms with Gasteiger partial charge in [0, 0.05) is 19.2 Å². The maximum absolute atomic E-state index is 5.34. The number of hydrogen-bond acceptors (Lipinski definition) is 2. The Bertz CT molecular complexity index is 343. The van der Waals surface area contributed by atoms with E-state index in [1.807, 2.05) is 7.11 Å². The van der Waals surface area contributed by atoms with Crippen molar-refractivity contribution >= 4 is 0 Å². The minimum atomic E-state index is 0.470. The lowest BCUT2D eigenvalue weighted by Gasteiger charge is -2.38. The van der Waals surface area contributed by atoms with Crippen molar-refractivity contribution in [3.05, 3.63) is 35.9 Å². The second kappa shape index (κ2) is 6.35. The van der Waals surface area contributed by atoms with Crippen molar-refractivity contribution in [1.82, 2.24) is 5.32 Å². The first-order valence-corrected chi connectivity index (χ1v) is 7.02. The predicted molar refractivity (Wildman–Crippen MR) is 75.6 cm³/mol. The summed E-state index contributed by atoms with van der Waals surface area (Å²) in [4.78, 5) is 0. The van der Waals surface area contributed by atoms with E-state index in [1.54, 1.807) is 0 Å². The van der Waals surface area contributed by atoms with Gasteiger partial charge in [-0.2, -0.15) is 0 Å². The van der Waals surface area contributed by atoms with Gasteiger partial charge in [0.1, 0.15) is 0 Å². The van der Waals surface area contributed by atoms with Gasteiger partial charge in [0.25, 0.3) is 0 Å². The molecule has 18 heavy (non-hydrogen) atoms. The quantitative estimate of drug-likeness (QED) is 0.830. The molecule has 0 saturated heterocycles. The first-order chi connectivity index (χ1) is 8.69. The molecule has 0 aliphatic heterocycles. The molecule has 0 bridgehead atoms. The lowest BCUT2D eigenvalue weighted by atomic mass is 9.87. The van der Waals surface area contributed by atoms with Crippen LogP contribution < -0.4 is 5.32 Å². The Morgan fingerprint density at radius 3 is 2.44 bits per heavy atom. The number of methoxy groups -OCH3 is 1. The molecule has 0 aromatic heterocycles. The molecule has 0 amide bonds. The highest BCUT2D eigenvalue weighted by Gasteiger charge is 2.30. The van der Waals surface area contributed by atoms with Gasteiger partial charge in [-0.15, -0.1) is 0 Å². The van der Waals surface area contributed by atoms with Crippen molar-refractivity contribution in [3.63, 3.8) is 0 Å². The standard InChI is InChI=1S/C16H25NO/c1-12(2)9-16(13-7-5-4-6-8-13)17-14-10-15(11-14)18-3/h4-8,12,14-17H,9-11H2,1-3H3. The van der Waals surface area contributed by atoms with Crippen molar-refractivity contribution in [3.8, 4) is 0 Å². The summed E-state index contributed by atoms with van der Waals surface area (Å²) in [6.07, 6.45) is 3.96. The normalized spacial score (nSPS) is 24.9. The van der Waals surface area contributed by atoms with Gasteiger partial charge in [0.15, 0.2) is 0 Å². The molecular weight excluding hydrogens is 222 g/mol. The highest BCUT2D eigenvalue weighted by Crippen LogP contribution is 2.28. The SMILES string of the molecule is COC1CC(NC(CC(C)C)c2ccccc2)C1. The summed E-state index contributed by atoms with van der Waals surface area (Å²) in [5, 5.41) is 3.79. The Hall–Kier alpha value is -0.860. The first-order valence-electron chi connectivity index (χ1n) is 7.02. The van der Waals surface area contributed by atoms with E-state index in [2.05, 4.69) is 49.5 Å². The molecule has 1 aliphatic carbocycles. The number of hydrogen-bond donors (Lipinski definition) is 1. The van der Waals surface area contributed by atoms with Gasteiger partial charge in [-0.3, -0.25) is 0 Å². The molecule has 1 aromatic rings. The van der Waals surface area contributed by atoms with Gasteiger partial charge in [0.2, 0.25) is 0 Å². The van der Waals surface area contributed by atoms with Gasteiger partial charge in [-0.25, -0.2) is 0 Å². The molecule has 100 valence electrons. The van der Waals surface area contributed by atoms with Crippen LogP contribution in [0.25, 0.3) is 0 Å². The van der Waals surface area contributed by atoms with Crippen LogP contribution in [0.5, 0.6) is 0 Å². The van der Waals surface area contributed by atoms with Crippen LogP contribution in [0.2, 0.25) is 0 Å². The van der Waals surface area contributed by atoms with Crippen LogP contribution in [0.1, 0.15) is 44.7 Å². The lowest BCUT2D eigenvalue weighted by molar-refractivity contribution is 0.0134. The largest absolute Gasteiger partial charge is 0.381 e. The van der Waals surface area contributed by atoms with Gasteiger partial charge in [0.05, 0.1) is 6.10 Å². The molecule has 2 heteroatoms. The molecule has 2 nitrogen and oxygen atoms in total. The maximum Gasteiger partial charge on any atom is 0.0601 e. The predicted octanol–water partition coefficient (Wildman–Crippen LogP) is 3.54. The van der Waals surface area contributed by atoms with Crippen LogP contribution in [-0.2, 0) is 4.74 Å². The number of rotatable bonds is 6. The van der Waals surface area contributed by atoms with E-state index in [1.165, 1.54) is 12.0 Å². The molecule has 1 fully saturated rings. The summed E-state index contributed by atoms with van der Waals surface area (Å²) in [6.45, 7) is 4.58. The fraction of sp³-hybridized carbons (Fsp3) is 0.625. The highest BCUT2D eigenvalue weighted by molar-refractivity contribution is 5.19. The van der Waals surface area contributed by atoms with Crippen LogP contribution >= 0.6 is 0 Å². The molecule has 1 unspecified atom stereocenters. The smallest absolute Gasteiger partial charge is 0.0601 e. The van der Waals surface area contributed by atoms with Gasteiger partial charge in [-0.05, 0) is 30.7 Å². The molecule has 1 N–H and O–H groups in total. The first kappa shape index (κ1) is 13.6. The van der Waals surface area contributed by atoms with Crippen molar-refractivity contribution in [1.29, 1.82) is 0 Å². The maximum atomic E-state index is 5.34. The van der Waals surface area contributed by atoms with E-state index in [-0.39, 0.29) is 0 Å². The third-order valence-corrected chi connectivity index (χ3v) is 3.77. The van der Waals surface area contributed by atoms with Crippen molar-refractivity contribution in [2.45, 2.75) is 51.3 Å². The van der Waals surface area contributed by atoms with Crippen LogP contribution in [0.15, 0.2) is 30.3 Å². The summed E-state index contributed by atoms with van der Waals surface area (Å²) in [5.41, 5.74) is 1.41. The average Bonchev–Trinajstić information content (AvgIpc) is 2.32. The number of ether oxygens (including phenoxy) is 1. The molecule has 1 aromatic carbocycles. The number of benzene rings is 1. The molecule has 1 saturated carbocycles. The molecule has 2 rings (SSSR count). The highest BCUT2D eigenvalue weighted by atomic mass is 16.5. The topological polar surface area (TPSA) is 21.3 Å². The summed E-state index contributed by atoms with van der Waals surface area (Å²) < 4.78 is 5.34. The minimum absolute atomic E-state index is 0.470. The zero-order valence-corrected chi connectivity index (χ0v) is 11.7. The van der Waals surface area contributed by atoms with E-state index >= 15 is 0 Å². The van der Waals surface area contributed by atoms with E-state index < -0.39 is 0 Å². The van der Waals surface area contributed by atoms with E-state index in [0.29, 0.717) is 24.1 Å². The van der Waals surface area contributed by atoms with E-state index in [9.17, 15) is 0 Å². The van der Waals surface area contributed by atoms with Crippen molar-refractivity contribution in [2.24, 2.45) is 5.92 Å². The van der Waals surface area contributed by atoms with Crippen LogP contribution in [0.4, 0.5) is 0 Å². The molecule has 1 atom stereocenters. The second-order valence-corrected chi connectivity index (χ2v) is 5.79. The minimum Gasteiger partial charge on any atom is -0.381 e. The summed E-state index contributed by atoms with van der Waals surface area (Å²) in [5.74, 6) is 0.709. The zero-order valence-electron chi connectivity index (χ0n) is 11.7. The fourth-order valence-electron chi connectivity index (χ4n) is 2.64. The van der Waals surface area contributed by atoms with Gasteiger partial charge >= 0.3 is 0 Å². The molecule has 0 radical (unpaired) electrons. The van der Waals surface area contributed by atoms with E-state index in [4.69, 9.17) is 4.74 Å². The fourth-order valence-corrected chi connectivity index (χ4v) is 2.64. The van der Waals surface area contributed by atoms with Crippen LogP contribution in [0.3, 0.4) is 0 Å². The van der Waals surface area contributed by atoms with Crippen molar-refractivity contribution < 1.29 is 4.74 Å². The zero-order chi connectivity index (χ0) is 13.0. The Kier molecular flexibility index (Phi) is 4.79. The Morgan fingerprint density at radius 2 is 1.89 bits per heavy atom. The van der Waals surface area contributed by atoms with Crippen LogP contribution in [0, 0.1) is 5.92 Å². The molecular formula is C16H25NO. The summed E-state index contributed by atoms with van der Waals surface area (Å²) in [7, 11) is 1.81. The average molecular weight is 247 g/mol. The lowest BCUT2D eigenvalue weighted by Crippen LogP contribution is -2.46. The third-order valence-electron chi connectivity index (χ3n) is 3.77. The third kappa shape index (κ3) is 3.56. The molecule has 0 heterocycles. The second-order valence-electron chi connectivity index (χ2n) is 5.79.